The van der Waals surface area contributed by atoms with Crippen LogP contribution in [0.3, 0.4) is 0 Å². The first-order chi connectivity index (χ1) is 15.9. The Labute approximate surface area is 215 Å². The Kier molecular flexibility index (Phi) is 24.6. The number of halogens is 2. The third-order valence-electron chi connectivity index (χ3n) is 5.43. The van der Waals surface area contributed by atoms with Gasteiger partial charge in [0, 0.05) is 43.1 Å². The van der Waals surface area contributed by atoms with Crippen LogP contribution in [0.4, 0.5) is 0 Å². The maximum absolute atomic E-state index is 12.0. The zero-order chi connectivity index (χ0) is 24.6. The molecule has 0 amide bonds. The number of carbonyl (C=O) groups excluding carboxylic acids is 1. The number of hydrogen-bond acceptors (Lipinski definition) is 6. The van der Waals surface area contributed by atoms with Gasteiger partial charge in [-0.3, -0.25) is 13.8 Å². The van der Waals surface area contributed by atoms with Gasteiger partial charge in [-0.15, -0.1) is 0 Å². The predicted octanol–water partition coefficient (Wildman–Crippen LogP) is 8.23. The van der Waals surface area contributed by atoms with Crippen molar-refractivity contribution in [3.8, 4) is 0 Å². The second-order valence-electron chi connectivity index (χ2n) is 8.46. The molecule has 0 saturated carbocycles. The van der Waals surface area contributed by atoms with E-state index in [-0.39, 0.29) is 19.3 Å². The summed E-state index contributed by atoms with van der Waals surface area (Å²) in [4.78, 5) is 12.0. The summed E-state index contributed by atoms with van der Waals surface area (Å²) in [5.41, 5.74) is 0. The fraction of sp³-hybridized carbons (Fsp3) is 0.958. The van der Waals surface area contributed by atoms with E-state index in [1.54, 1.807) is 7.11 Å². The smallest absolute Gasteiger partial charge is 0.379 e. The third-order valence-corrected chi connectivity index (χ3v) is 7.29. The molecule has 0 N–H and O–H groups in total. The highest BCUT2D eigenvalue weighted by Crippen LogP contribution is 2.53. The van der Waals surface area contributed by atoms with Gasteiger partial charge >= 0.3 is 6.95 Å². The minimum absolute atomic E-state index is 0.0423. The summed E-state index contributed by atoms with van der Waals surface area (Å²) < 4.78 is 32.8. The number of unbranched alkanes of at least 4 members (excludes halogenated alkanes) is 11. The van der Waals surface area contributed by atoms with Crippen molar-refractivity contribution in [2.24, 2.45) is 0 Å². The maximum Gasteiger partial charge on any atom is 0.424 e. The zero-order valence-corrected chi connectivity index (χ0v) is 24.1. The molecule has 0 fully saturated rings. The van der Waals surface area contributed by atoms with E-state index in [0.717, 1.165) is 38.5 Å². The lowest BCUT2D eigenvalue weighted by molar-refractivity contribution is -0.119. The van der Waals surface area contributed by atoms with Crippen LogP contribution >= 0.6 is 34.1 Å². The maximum atomic E-state index is 12.0. The van der Waals surface area contributed by atoms with Crippen molar-refractivity contribution in [1.29, 1.82) is 0 Å². The number of carbonyl (C=O) groups is 1. The quantitative estimate of drug-likeness (QED) is 0.0586. The molecule has 0 aromatic heterocycles. The summed E-state index contributed by atoms with van der Waals surface area (Å²) in [6, 6.07) is 0. The molecular weight excluding hydrogens is 531 g/mol. The van der Waals surface area contributed by atoms with Crippen LogP contribution in [0.25, 0.3) is 0 Å². The average Bonchev–Trinajstić information content (AvgIpc) is 2.80. The second kappa shape index (κ2) is 24.2. The van der Waals surface area contributed by atoms with Crippen LogP contribution in [0, 0.1) is 0 Å². The highest BCUT2D eigenvalue weighted by molar-refractivity contribution is 9.09. The molecule has 33 heavy (non-hydrogen) atoms. The summed E-state index contributed by atoms with van der Waals surface area (Å²) in [6.45, 7) is -0.131. The van der Waals surface area contributed by atoms with E-state index < -0.39 is 6.95 Å². The molecule has 0 aromatic rings. The molecule has 0 aromatic carbocycles. The average molecular weight is 578 g/mol. The van der Waals surface area contributed by atoms with E-state index in [4.69, 9.17) is 29.8 Å². The molecule has 0 spiro atoms. The van der Waals surface area contributed by atoms with Crippen molar-refractivity contribution in [3.63, 3.8) is 0 Å². The van der Waals surface area contributed by atoms with Crippen molar-refractivity contribution in [1.82, 2.24) is 0 Å². The lowest BCUT2D eigenvalue weighted by Crippen LogP contribution is -2.24. The molecular formula is C24H47BrClO6P. The number of Topliss-reactive ketones (excluding diaryl/α,β-unsaturated/α-hetero) is 1. The second-order valence-corrected chi connectivity index (χ2v) is 11.9. The van der Waals surface area contributed by atoms with Gasteiger partial charge in [0.15, 0.2) is 0 Å². The van der Waals surface area contributed by atoms with E-state index in [1.807, 2.05) is 0 Å². The van der Waals surface area contributed by atoms with Crippen LogP contribution in [0.2, 0.25) is 0 Å². The van der Waals surface area contributed by atoms with Gasteiger partial charge in [-0.1, -0.05) is 87.1 Å². The Morgan fingerprint density at radius 2 is 1.36 bits per heavy atom. The van der Waals surface area contributed by atoms with E-state index in [2.05, 4.69) is 22.9 Å². The number of methoxy groups -OCH3 is 1. The molecule has 1 unspecified atom stereocenters. The lowest BCUT2D eigenvalue weighted by Gasteiger charge is -2.17. The monoisotopic (exact) mass is 576 g/mol. The Balaban J connectivity index is 3.51. The Morgan fingerprint density at radius 1 is 0.818 bits per heavy atom. The summed E-state index contributed by atoms with van der Waals surface area (Å²) in [7, 11) is 1.54. The van der Waals surface area contributed by atoms with Crippen molar-refractivity contribution in [3.05, 3.63) is 0 Å². The van der Waals surface area contributed by atoms with Crippen molar-refractivity contribution >= 4 is 39.9 Å². The van der Waals surface area contributed by atoms with Crippen LogP contribution in [0.5, 0.6) is 0 Å². The number of rotatable bonds is 26. The molecule has 0 heterocycles. The molecule has 2 atom stereocenters. The van der Waals surface area contributed by atoms with E-state index >= 15 is 0 Å². The highest BCUT2D eigenvalue weighted by Gasteiger charge is 2.23. The van der Waals surface area contributed by atoms with Gasteiger partial charge in [-0.25, -0.2) is 4.57 Å². The SMILES string of the molecule is CCCCCCCCCCCC(=O)CCCCCCOC[C@H](COP(=O)(Cl)OCCBr)OC. The standard InChI is InChI=1S/C24H47BrClO6P/c1-3-4-5-6-7-8-9-10-13-16-23(27)17-14-11-12-15-19-30-21-24(29-2)22-32-33(26,28)31-20-18-25/h24H,3-22H2,1-2H3/t24-,33?/m1/s1. The third kappa shape index (κ3) is 24.0. The Hall–Kier alpha value is 0.510. The molecule has 0 aliphatic carbocycles. The van der Waals surface area contributed by atoms with Crippen LogP contribution in [0.1, 0.15) is 103 Å². The summed E-state index contributed by atoms with van der Waals surface area (Å²) in [6.07, 6.45) is 16.6. The molecule has 0 aliphatic heterocycles. The van der Waals surface area contributed by atoms with Gasteiger partial charge in [0.25, 0.3) is 0 Å². The van der Waals surface area contributed by atoms with Crippen molar-refractivity contribution in [2.45, 2.75) is 109 Å². The number of hydrogen-bond donors (Lipinski definition) is 0. The fourth-order valence-corrected chi connectivity index (χ4v) is 4.91. The van der Waals surface area contributed by atoms with E-state index in [1.165, 1.54) is 51.4 Å². The first kappa shape index (κ1) is 33.5. The van der Waals surface area contributed by atoms with Gasteiger partial charge in [0.05, 0.1) is 19.8 Å². The van der Waals surface area contributed by atoms with Crippen LogP contribution < -0.4 is 0 Å². The van der Waals surface area contributed by atoms with Crippen molar-refractivity contribution < 1.29 is 27.9 Å². The minimum Gasteiger partial charge on any atom is -0.379 e. The Bertz CT molecular complexity index is 498. The molecule has 9 heteroatoms. The highest BCUT2D eigenvalue weighted by atomic mass is 79.9. The number of ketones is 1. The Morgan fingerprint density at radius 3 is 1.91 bits per heavy atom. The van der Waals surface area contributed by atoms with Gasteiger partial charge in [0.1, 0.15) is 11.9 Å². The summed E-state index contributed by atoms with van der Waals surface area (Å²) in [5, 5.41) is 0.525. The zero-order valence-electron chi connectivity index (χ0n) is 20.9. The van der Waals surface area contributed by atoms with Crippen LogP contribution in [0.15, 0.2) is 0 Å². The topological polar surface area (TPSA) is 71.1 Å². The predicted molar refractivity (Wildman–Crippen MR) is 141 cm³/mol. The van der Waals surface area contributed by atoms with Crippen molar-refractivity contribution in [2.75, 3.05) is 38.9 Å². The van der Waals surface area contributed by atoms with Gasteiger partial charge in [-0.05, 0) is 19.3 Å². The first-order valence-electron chi connectivity index (χ1n) is 12.7. The lowest BCUT2D eigenvalue weighted by atomic mass is 10.0. The first-order valence-corrected chi connectivity index (χ1v) is 16.3. The summed E-state index contributed by atoms with van der Waals surface area (Å²) in [5.74, 6) is 0.411. The van der Waals surface area contributed by atoms with Crippen LogP contribution in [-0.4, -0.2) is 50.8 Å². The van der Waals surface area contributed by atoms with E-state index in [9.17, 15) is 9.36 Å². The number of ether oxygens (including phenoxy) is 2. The molecule has 0 saturated heterocycles. The van der Waals surface area contributed by atoms with Gasteiger partial charge in [-0.2, -0.15) is 0 Å². The minimum atomic E-state index is -3.58. The molecule has 0 rings (SSSR count). The molecule has 0 radical (unpaired) electrons. The van der Waals surface area contributed by atoms with E-state index in [0.29, 0.717) is 30.7 Å². The molecule has 198 valence electrons. The largest absolute Gasteiger partial charge is 0.424 e. The molecule has 0 bridgehead atoms. The molecule has 0 aliphatic rings. The summed E-state index contributed by atoms with van der Waals surface area (Å²) >= 11 is 8.88. The normalized spacial score (nSPS) is 14.3. The molecule has 6 nitrogen and oxygen atoms in total. The number of alkyl halides is 1. The van der Waals surface area contributed by atoms with Crippen LogP contribution in [-0.2, 0) is 27.9 Å². The fourth-order valence-electron chi connectivity index (χ4n) is 3.39. The van der Waals surface area contributed by atoms with Gasteiger partial charge in [0.2, 0.25) is 0 Å². The van der Waals surface area contributed by atoms with Gasteiger partial charge < -0.3 is 9.47 Å².